The van der Waals surface area contributed by atoms with Crippen molar-refractivity contribution in [1.29, 1.82) is 0 Å². The summed E-state index contributed by atoms with van der Waals surface area (Å²) in [6.07, 6.45) is 0. The van der Waals surface area contributed by atoms with Crippen LogP contribution in [0.25, 0.3) is 0 Å². The molecule has 0 rings (SSSR count). The Bertz CT molecular complexity index is 141. The molecule has 0 aliphatic rings. The van der Waals surface area contributed by atoms with Gasteiger partial charge in [-0.1, -0.05) is 12.2 Å². The molecule has 0 aliphatic heterocycles. The molecule has 58 valence electrons. The number of carbonyl (C=O) groups excluding carboxylic acids is 1. The van der Waals surface area contributed by atoms with Gasteiger partial charge in [0.1, 0.15) is 0 Å². The standard InChI is InChI=1S/C7H14N2O/c1-5(2)4-9-7(10)6(3)8/h6H,1,4,8H2,2-3H3,(H,9,10)/t6-/m0/s1. The first-order valence-electron chi connectivity index (χ1n) is 3.21. The lowest BCUT2D eigenvalue weighted by atomic mass is 10.3. The number of nitrogens with one attached hydrogen (secondary N) is 1. The molecule has 0 aromatic carbocycles. The highest BCUT2D eigenvalue weighted by Gasteiger charge is 2.04. The zero-order valence-electron chi connectivity index (χ0n) is 6.48. The van der Waals surface area contributed by atoms with Crippen molar-refractivity contribution in [3.05, 3.63) is 12.2 Å². The molecule has 0 aromatic rings. The first-order chi connectivity index (χ1) is 4.54. The van der Waals surface area contributed by atoms with Crippen LogP contribution in [0.4, 0.5) is 0 Å². The predicted octanol–water partition coefficient (Wildman–Crippen LogP) is 0.0259. The van der Waals surface area contributed by atoms with Gasteiger partial charge >= 0.3 is 0 Å². The molecule has 0 aliphatic carbocycles. The SMILES string of the molecule is C=C(C)CNC(=O)[C@H](C)N. The van der Waals surface area contributed by atoms with E-state index in [1.54, 1.807) is 6.92 Å². The van der Waals surface area contributed by atoms with Crippen molar-refractivity contribution < 1.29 is 4.79 Å². The second-order valence-electron chi connectivity index (χ2n) is 2.46. The van der Waals surface area contributed by atoms with Crippen molar-refractivity contribution >= 4 is 5.91 Å². The number of carbonyl (C=O) groups is 1. The first kappa shape index (κ1) is 9.17. The molecule has 0 saturated heterocycles. The van der Waals surface area contributed by atoms with E-state index < -0.39 is 6.04 Å². The topological polar surface area (TPSA) is 55.1 Å². The fourth-order valence-electron chi connectivity index (χ4n) is 0.399. The first-order valence-corrected chi connectivity index (χ1v) is 3.21. The third kappa shape index (κ3) is 4.09. The van der Waals surface area contributed by atoms with E-state index in [4.69, 9.17) is 5.73 Å². The summed E-state index contributed by atoms with van der Waals surface area (Å²) in [6, 6.07) is -0.431. The lowest BCUT2D eigenvalue weighted by Crippen LogP contribution is -2.38. The molecule has 1 atom stereocenters. The molecule has 1 amide bonds. The molecule has 0 aromatic heterocycles. The van der Waals surface area contributed by atoms with E-state index in [-0.39, 0.29) is 5.91 Å². The van der Waals surface area contributed by atoms with Crippen molar-refractivity contribution in [2.75, 3.05) is 6.54 Å². The van der Waals surface area contributed by atoms with Gasteiger partial charge in [-0.3, -0.25) is 4.79 Å². The molecular formula is C7H14N2O. The molecule has 0 unspecified atom stereocenters. The molecule has 0 fully saturated rings. The van der Waals surface area contributed by atoms with Crippen molar-refractivity contribution in [2.24, 2.45) is 5.73 Å². The number of nitrogens with two attached hydrogens (primary N) is 1. The summed E-state index contributed by atoms with van der Waals surface area (Å²) in [5.41, 5.74) is 6.21. The minimum absolute atomic E-state index is 0.136. The van der Waals surface area contributed by atoms with Crippen LogP contribution < -0.4 is 11.1 Å². The lowest BCUT2D eigenvalue weighted by molar-refractivity contribution is -0.121. The van der Waals surface area contributed by atoms with E-state index in [0.717, 1.165) is 5.57 Å². The quantitative estimate of drug-likeness (QED) is 0.546. The zero-order valence-corrected chi connectivity index (χ0v) is 6.48. The van der Waals surface area contributed by atoms with Crippen LogP contribution >= 0.6 is 0 Å². The van der Waals surface area contributed by atoms with Crippen LogP contribution in [0.2, 0.25) is 0 Å². The molecule has 3 nitrogen and oxygen atoms in total. The summed E-state index contributed by atoms with van der Waals surface area (Å²) < 4.78 is 0. The average molecular weight is 142 g/mol. The van der Waals surface area contributed by atoms with Gasteiger partial charge in [0.15, 0.2) is 0 Å². The monoisotopic (exact) mass is 142 g/mol. The molecule has 0 saturated carbocycles. The van der Waals surface area contributed by atoms with E-state index in [0.29, 0.717) is 6.54 Å². The van der Waals surface area contributed by atoms with Gasteiger partial charge in [0.05, 0.1) is 6.04 Å². The fourth-order valence-corrected chi connectivity index (χ4v) is 0.399. The minimum Gasteiger partial charge on any atom is -0.351 e. The highest BCUT2D eigenvalue weighted by Crippen LogP contribution is 1.82. The molecule has 0 heterocycles. The smallest absolute Gasteiger partial charge is 0.236 e. The maximum atomic E-state index is 10.8. The van der Waals surface area contributed by atoms with Crippen LogP contribution in [0.3, 0.4) is 0 Å². The van der Waals surface area contributed by atoms with Gasteiger partial charge in [0, 0.05) is 6.54 Å². The number of hydrogen-bond acceptors (Lipinski definition) is 2. The third-order valence-electron chi connectivity index (χ3n) is 0.978. The molecule has 0 radical (unpaired) electrons. The Morgan fingerprint density at radius 3 is 2.60 bits per heavy atom. The molecular weight excluding hydrogens is 128 g/mol. The van der Waals surface area contributed by atoms with Crippen molar-refractivity contribution in [3.63, 3.8) is 0 Å². The van der Waals surface area contributed by atoms with Crippen molar-refractivity contribution in [1.82, 2.24) is 5.32 Å². The van der Waals surface area contributed by atoms with Crippen LogP contribution in [-0.2, 0) is 4.79 Å². The summed E-state index contributed by atoms with van der Waals surface area (Å²) in [6.45, 7) is 7.64. The summed E-state index contributed by atoms with van der Waals surface area (Å²) in [5, 5.41) is 2.62. The van der Waals surface area contributed by atoms with Crippen molar-refractivity contribution in [2.45, 2.75) is 19.9 Å². The maximum absolute atomic E-state index is 10.8. The number of hydrogen-bond donors (Lipinski definition) is 2. The lowest BCUT2D eigenvalue weighted by Gasteiger charge is -2.06. The second-order valence-corrected chi connectivity index (χ2v) is 2.46. The maximum Gasteiger partial charge on any atom is 0.236 e. The Labute approximate surface area is 61.3 Å². The molecule has 3 heteroatoms. The highest BCUT2D eigenvalue weighted by molar-refractivity contribution is 5.81. The van der Waals surface area contributed by atoms with Crippen LogP contribution in [-0.4, -0.2) is 18.5 Å². The predicted molar refractivity (Wildman–Crippen MR) is 41.5 cm³/mol. The Hall–Kier alpha value is -0.830. The van der Waals surface area contributed by atoms with E-state index in [1.807, 2.05) is 6.92 Å². The Kier molecular flexibility index (Phi) is 3.72. The van der Waals surface area contributed by atoms with Gasteiger partial charge in [0.25, 0.3) is 0 Å². The Morgan fingerprint density at radius 1 is 1.80 bits per heavy atom. The molecule has 0 bridgehead atoms. The van der Waals surface area contributed by atoms with Crippen LogP contribution in [0.15, 0.2) is 12.2 Å². The largest absolute Gasteiger partial charge is 0.351 e. The number of amides is 1. The minimum atomic E-state index is -0.431. The van der Waals surface area contributed by atoms with Crippen LogP contribution in [0.1, 0.15) is 13.8 Å². The highest BCUT2D eigenvalue weighted by atomic mass is 16.2. The van der Waals surface area contributed by atoms with E-state index in [1.165, 1.54) is 0 Å². The average Bonchev–Trinajstić information content (AvgIpc) is 1.82. The van der Waals surface area contributed by atoms with E-state index in [9.17, 15) is 4.79 Å². The third-order valence-corrected chi connectivity index (χ3v) is 0.978. The normalized spacial score (nSPS) is 12.3. The van der Waals surface area contributed by atoms with Gasteiger partial charge in [-0.25, -0.2) is 0 Å². The Morgan fingerprint density at radius 2 is 2.30 bits per heavy atom. The Balaban J connectivity index is 3.50. The van der Waals surface area contributed by atoms with Gasteiger partial charge in [-0.15, -0.1) is 0 Å². The molecule has 3 N–H and O–H groups in total. The van der Waals surface area contributed by atoms with Gasteiger partial charge in [-0.05, 0) is 13.8 Å². The van der Waals surface area contributed by atoms with Crippen LogP contribution in [0.5, 0.6) is 0 Å². The van der Waals surface area contributed by atoms with Crippen molar-refractivity contribution in [3.8, 4) is 0 Å². The summed E-state index contributed by atoms with van der Waals surface area (Å²) in [4.78, 5) is 10.8. The molecule has 10 heavy (non-hydrogen) atoms. The number of rotatable bonds is 3. The molecule has 0 spiro atoms. The van der Waals surface area contributed by atoms with Gasteiger partial charge in [0.2, 0.25) is 5.91 Å². The summed E-state index contributed by atoms with van der Waals surface area (Å²) >= 11 is 0. The zero-order chi connectivity index (χ0) is 8.15. The van der Waals surface area contributed by atoms with Gasteiger partial charge < -0.3 is 11.1 Å². The van der Waals surface area contributed by atoms with Crippen LogP contribution in [0, 0.1) is 0 Å². The van der Waals surface area contributed by atoms with Gasteiger partial charge in [-0.2, -0.15) is 0 Å². The second kappa shape index (κ2) is 4.06. The van der Waals surface area contributed by atoms with E-state index in [2.05, 4.69) is 11.9 Å². The summed E-state index contributed by atoms with van der Waals surface area (Å²) in [5.74, 6) is -0.136. The van der Waals surface area contributed by atoms with E-state index >= 15 is 0 Å². The fraction of sp³-hybridized carbons (Fsp3) is 0.571. The summed E-state index contributed by atoms with van der Waals surface area (Å²) in [7, 11) is 0.